The highest BCUT2D eigenvalue weighted by Gasteiger charge is 2.37. The van der Waals surface area contributed by atoms with Crippen molar-refractivity contribution in [1.29, 1.82) is 0 Å². The maximum atomic E-state index is 12.5. The van der Waals surface area contributed by atoms with Gasteiger partial charge in [0.05, 0.1) is 4.91 Å². The van der Waals surface area contributed by atoms with Crippen molar-refractivity contribution in [2.45, 2.75) is 38.1 Å². The summed E-state index contributed by atoms with van der Waals surface area (Å²) in [5, 5.41) is 1.55. The summed E-state index contributed by atoms with van der Waals surface area (Å²) in [5.41, 5.74) is 0. The molecule has 3 rings (SSSR count). The van der Waals surface area contributed by atoms with Gasteiger partial charge >= 0.3 is 0 Å². The number of likely N-dealkylation sites (N-methyl/N-ethyl adjacent to an activating group) is 1. The highest BCUT2D eigenvalue weighted by Crippen LogP contribution is 2.33. The quantitative estimate of drug-likeness (QED) is 0.766. The van der Waals surface area contributed by atoms with Gasteiger partial charge in [0.2, 0.25) is 5.91 Å². The number of imide groups is 1. The third-order valence-corrected chi connectivity index (χ3v) is 6.23. The van der Waals surface area contributed by atoms with E-state index in [0.29, 0.717) is 4.91 Å². The average molecular weight is 364 g/mol. The Morgan fingerprint density at radius 2 is 2.08 bits per heavy atom. The van der Waals surface area contributed by atoms with Crippen LogP contribution in [-0.4, -0.2) is 46.5 Å². The summed E-state index contributed by atoms with van der Waals surface area (Å²) < 4.78 is 0. The predicted molar refractivity (Wildman–Crippen MR) is 96.6 cm³/mol. The van der Waals surface area contributed by atoms with E-state index in [1.165, 1.54) is 17.8 Å². The van der Waals surface area contributed by atoms with E-state index in [0.717, 1.165) is 47.2 Å². The number of thioether (sulfide) groups is 1. The van der Waals surface area contributed by atoms with Crippen LogP contribution in [0.1, 0.15) is 37.0 Å². The Labute approximate surface area is 149 Å². The van der Waals surface area contributed by atoms with Crippen LogP contribution in [0, 0.1) is 0 Å². The van der Waals surface area contributed by atoms with Gasteiger partial charge in [0.1, 0.15) is 6.54 Å². The SMILES string of the molecule is CN(C(=O)CN1C(=O)S/C(=C\c2cccs2)C1=O)C1CCCCC1. The summed E-state index contributed by atoms with van der Waals surface area (Å²) >= 11 is 2.41. The lowest BCUT2D eigenvalue weighted by atomic mass is 9.94. The number of carbonyl (C=O) groups excluding carboxylic acids is 3. The van der Waals surface area contributed by atoms with E-state index in [-0.39, 0.29) is 29.6 Å². The van der Waals surface area contributed by atoms with Gasteiger partial charge in [-0.05, 0) is 42.1 Å². The first-order valence-electron chi connectivity index (χ1n) is 8.11. The molecule has 5 nitrogen and oxygen atoms in total. The lowest BCUT2D eigenvalue weighted by Gasteiger charge is -2.32. The van der Waals surface area contributed by atoms with Gasteiger partial charge in [0, 0.05) is 18.0 Å². The van der Waals surface area contributed by atoms with E-state index < -0.39 is 0 Å². The van der Waals surface area contributed by atoms with Crippen molar-refractivity contribution in [2.24, 2.45) is 0 Å². The molecule has 2 fully saturated rings. The zero-order chi connectivity index (χ0) is 17.1. The molecule has 1 aliphatic carbocycles. The number of rotatable bonds is 4. The van der Waals surface area contributed by atoms with E-state index in [2.05, 4.69) is 0 Å². The Morgan fingerprint density at radius 1 is 1.33 bits per heavy atom. The Hall–Kier alpha value is -1.60. The second kappa shape index (κ2) is 7.53. The Balaban J connectivity index is 1.65. The Kier molecular flexibility index (Phi) is 5.40. The molecule has 1 aliphatic heterocycles. The van der Waals surface area contributed by atoms with E-state index in [1.54, 1.807) is 18.0 Å². The molecule has 128 valence electrons. The average Bonchev–Trinajstić information content (AvgIpc) is 3.19. The Morgan fingerprint density at radius 3 is 2.75 bits per heavy atom. The molecule has 1 aromatic heterocycles. The molecule has 0 bridgehead atoms. The molecule has 24 heavy (non-hydrogen) atoms. The molecule has 2 aliphatic rings. The molecule has 1 saturated carbocycles. The van der Waals surface area contributed by atoms with Crippen molar-refractivity contribution in [3.05, 3.63) is 27.3 Å². The standard InChI is InChI=1S/C17H20N2O3S2/c1-18(12-6-3-2-4-7-12)15(20)11-19-16(21)14(24-17(19)22)10-13-8-5-9-23-13/h5,8-10,12H,2-4,6-7,11H2,1H3/b14-10-. The molecule has 0 radical (unpaired) electrons. The summed E-state index contributed by atoms with van der Waals surface area (Å²) in [7, 11) is 1.78. The topological polar surface area (TPSA) is 57.7 Å². The minimum Gasteiger partial charge on any atom is -0.341 e. The number of carbonyl (C=O) groups is 3. The third kappa shape index (κ3) is 3.72. The van der Waals surface area contributed by atoms with Crippen molar-refractivity contribution in [1.82, 2.24) is 9.80 Å². The number of hydrogen-bond donors (Lipinski definition) is 0. The molecule has 1 aromatic rings. The first kappa shape index (κ1) is 17.2. The number of nitrogens with zero attached hydrogens (tertiary/aromatic N) is 2. The van der Waals surface area contributed by atoms with Crippen molar-refractivity contribution in [2.75, 3.05) is 13.6 Å². The fraction of sp³-hybridized carbons (Fsp3) is 0.471. The van der Waals surface area contributed by atoms with Gasteiger partial charge in [-0.2, -0.15) is 0 Å². The molecule has 3 amide bonds. The maximum Gasteiger partial charge on any atom is 0.294 e. The zero-order valence-corrected chi connectivity index (χ0v) is 15.2. The second-order valence-electron chi connectivity index (χ2n) is 6.08. The second-order valence-corrected chi connectivity index (χ2v) is 8.05. The van der Waals surface area contributed by atoms with Crippen molar-refractivity contribution in [3.63, 3.8) is 0 Å². The summed E-state index contributed by atoms with van der Waals surface area (Å²) in [6.45, 7) is -0.167. The van der Waals surface area contributed by atoms with Gasteiger partial charge in [0.15, 0.2) is 0 Å². The number of hydrogen-bond acceptors (Lipinski definition) is 5. The predicted octanol–water partition coefficient (Wildman–Crippen LogP) is 3.58. The molecule has 7 heteroatoms. The van der Waals surface area contributed by atoms with Crippen LogP contribution in [0.3, 0.4) is 0 Å². The van der Waals surface area contributed by atoms with Crippen LogP contribution in [0.2, 0.25) is 0 Å². The first-order valence-corrected chi connectivity index (χ1v) is 9.80. The van der Waals surface area contributed by atoms with E-state index in [1.807, 2.05) is 17.5 Å². The summed E-state index contributed by atoms with van der Waals surface area (Å²) in [6, 6.07) is 4.01. The molecule has 2 heterocycles. The van der Waals surface area contributed by atoms with Crippen molar-refractivity contribution in [3.8, 4) is 0 Å². The zero-order valence-electron chi connectivity index (χ0n) is 13.6. The lowest BCUT2D eigenvalue weighted by molar-refractivity contribution is -0.136. The molecular formula is C17H20N2O3S2. The number of thiophene rings is 1. The van der Waals surface area contributed by atoms with Crippen LogP contribution in [0.15, 0.2) is 22.4 Å². The van der Waals surface area contributed by atoms with Crippen LogP contribution in [0.25, 0.3) is 6.08 Å². The summed E-state index contributed by atoms with van der Waals surface area (Å²) in [6.07, 6.45) is 7.20. The summed E-state index contributed by atoms with van der Waals surface area (Å²) in [4.78, 5) is 41.1. The van der Waals surface area contributed by atoms with Crippen LogP contribution >= 0.6 is 23.1 Å². The molecular weight excluding hydrogens is 344 g/mol. The van der Waals surface area contributed by atoms with Crippen LogP contribution in [0.4, 0.5) is 4.79 Å². The van der Waals surface area contributed by atoms with E-state index in [9.17, 15) is 14.4 Å². The lowest BCUT2D eigenvalue weighted by Crippen LogP contribution is -2.45. The van der Waals surface area contributed by atoms with Gasteiger partial charge in [-0.1, -0.05) is 25.3 Å². The molecule has 0 aromatic carbocycles. The van der Waals surface area contributed by atoms with Gasteiger partial charge in [-0.25, -0.2) is 0 Å². The molecule has 0 atom stereocenters. The largest absolute Gasteiger partial charge is 0.341 e. The van der Waals surface area contributed by atoms with Crippen LogP contribution in [0.5, 0.6) is 0 Å². The van der Waals surface area contributed by atoms with Crippen LogP contribution < -0.4 is 0 Å². The van der Waals surface area contributed by atoms with E-state index >= 15 is 0 Å². The molecule has 1 saturated heterocycles. The fourth-order valence-electron chi connectivity index (χ4n) is 3.06. The van der Waals surface area contributed by atoms with Gasteiger partial charge in [-0.15, -0.1) is 11.3 Å². The minimum absolute atomic E-state index is 0.165. The fourth-order valence-corrected chi connectivity index (χ4v) is 4.62. The van der Waals surface area contributed by atoms with Gasteiger partial charge in [-0.3, -0.25) is 19.3 Å². The highest BCUT2D eigenvalue weighted by molar-refractivity contribution is 8.18. The summed E-state index contributed by atoms with van der Waals surface area (Å²) in [5.74, 6) is -0.537. The van der Waals surface area contributed by atoms with Crippen molar-refractivity contribution >= 4 is 46.2 Å². The van der Waals surface area contributed by atoms with E-state index in [4.69, 9.17) is 0 Å². The number of amides is 3. The highest BCUT2D eigenvalue weighted by atomic mass is 32.2. The smallest absolute Gasteiger partial charge is 0.294 e. The van der Waals surface area contributed by atoms with Crippen molar-refractivity contribution < 1.29 is 14.4 Å². The maximum absolute atomic E-state index is 12.5. The minimum atomic E-state index is -0.371. The molecule has 0 N–H and O–H groups in total. The first-order chi connectivity index (χ1) is 11.6. The molecule has 0 unspecified atom stereocenters. The van der Waals surface area contributed by atoms with Gasteiger partial charge < -0.3 is 4.90 Å². The van der Waals surface area contributed by atoms with Crippen LogP contribution in [-0.2, 0) is 9.59 Å². The Bertz CT molecular complexity index is 663. The normalized spacial score (nSPS) is 20.9. The molecule has 0 spiro atoms. The van der Waals surface area contributed by atoms with Gasteiger partial charge in [0.25, 0.3) is 11.1 Å². The third-order valence-electron chi connectivity index (χ3n) is 4.50. The monoisotopic (exact) mass is 364 g/mol.